The van der Waals surface area contributed by atoms with Gasteiger partial charge < -0.3 is 9.84 Å². The summed E-state index contributed by atoms with van der Waals surface area (Å²) in [4.78, 5) is 8.07. The topological polar surface area (TPSA) is 55.2 Å². The van der Waals surface area contributed by atoms with E-state index in [1.54, 1.807) is 12.4 Å². The first-order valence-corrected chi connectivity index (χ1v) is 4.97. The van der Waals surface area contributed by atoms with Crippen molar-refractivity contribution in [3.63, 3.8) is 0 Å². The molecule has 1 aromatic heterocycles. The molecule has 1 aromatic rings. The van der Waals surface area contributed by atoms with Crippen molar-refractivity contribution in [3.05, 3.63) is 18.1 Å². The number of hydrogen-bond donors (Lipinski definition) is 1. The number of nitrogens with zero attached hydrogens (tertiary/aromatic N) is 2. The third-order valence-corrected chi connectivity index (χ3v) is 2.41. The van der Waals surface area contributed by atoms with Gasteiger partial charge in [0.25, 0.3) is 0 Å². The van der Waals surface area contributed by atoms with E-state index in [9.17, 15) is 0 Å². The highest BCUT2D eigenvalue weighted by atomic mass is 16.5. The molecule has 0 spiro atoms. The van der Waals surface area contributed by atoms with E-state index in [4.69, 9.17) is 9.84 Å². The Bertz CT molecular complexity index is 298. The number of rotatable bonds is 3. The van der Waals surface area contributed by atoms with Gasteiger partial charge in [0.1, 0.15) is 6.10 Å². The molecule has 1 fully saturated rings. The van der Waals surface area contributed by atoms with Crippen molar-refractivity contribution >= 4 is 0 Å². The van der Waals surface area contributed by atoms with Gasteiger partial charge in [0.2, 0.25) is 5.88 Å². The lowest BCUT2D eigenvalue weighted by atomic mass is 10.3. The standard InChI is InChI=1S/C10H14N2O2/c13-7-8-5-11-6-10(12-8)14-9-3-1-2-4-9/h5-6,9,13H,1-4,7H2. The molecular weight excluding hydrogens is 180 g/mol. The van der Waals surface area contributed by atoms with Crippen LogP contribution in [0.1, 0.15) is 31.4 Å². The van der Waals surface area contributed by atoms with Gasteiger partial charge in [0, 0.05) is 0 Å². The lowest BCUT2D eigenvalue weighted by Gasteiger charge is -2.11. The maximum absolute atomic E-state index is 8.86. The van der Waals surface area contributed by atoms with Crippen molar-refractivity contribution in [2.24, 2.45) is 0 Å². The Kier molecular flexibility index (Phi) is 2.93. The molecule has 0 radical (unpaired) electrons. The summed E-state index contributed by atoms with van der Waals surface area (Å²) in [5, 5.41) is 8.86. The van der Waals surface area contributed by atoms with Gasteiger partial charge in [-0.25, -0.2) is 4.98 Å². The second kappa shape index (κ2) is 4.37. The minimum atomic E-state index is -0.0884. The molecule has 0 aliphatic heterocycles. The van der Waals surface area contributed by atoms with Gasteiger partial charge in [-0.15, -0.1) is 0 Å². The third-order valence-electron chi connectivity index (χ3n) is 2.41. The largest absolute Gasteiger partial charge is 0.473 e. The molecule has 1 aliphatic carbocycles. The van der Waals surface area contributed by atoms with Gasteiger partial charge in [0.05, 0.1) is 24.7 Å². The highest BCUT2D eigenvalue weighted by molar-refractivity contribution is 5.08. The Labute approximate surface area is 83.0 Å². The Hall–Kier alpha value is -1.16. The Morgan fingerprint density at radius 1 is 1.36 bits per heavy atom. The van der Waals surface area contributed by atoms with Crippen molar-refractivity contribution in [3.8, 4) is 5.88 Å². The van der Waals surface area contributed by atoms with Gasteiger partial charge in [-0.05, 0) is 25.7 Å². The minimum Gasteiger partial charge on any atom is -0.473 e. The predicted molar refractivity (Wildman–Crippen MR) is 50.8 cm³/mol. The molecule has 0 saturated heterocycles. The maximum Gasteiger partial charge on any atom is 0.232 e. The average molecular weight is 194 g/mol. The first kappa shape index (κ1) is 9.40. The third kappa shape index (κ3) is 2.20. The molecule has 1 aliphatic rings. The quantitative estimate of drug-likeness (QED) is 0.787. The van der Waals surface area contributed by atoms with E-state index in [1.165, 1.54) is 12.8 Å². The summed E-state index contributed by atoms with van der Waals surface area (Å²) in [5.41, 5.74) is 0.556. The summed E-state index contributed by atoms with van der Waals surface area (Å²) in [6, 6.07) is 0. The number of aliphatic hydroxyl groups is 1. The van der Waals surface area contributed by atoms with Crippen LogP contribution in [0.5, 0.6) is 5.88 Å². The van der Waals surface area contributed by atoms with E-state index < -0.39 is 0 Å². The normalized spacial score (nSPS) is 17.2. The number of aromatic nitrogens is 2. The van der Waals surface area contributed by atoms with Crippen LogP contribution in [-0.2, 0) is 6.61 Å². The first-order valence-electron chi connectivity index (χ1n) is 4.97. The van der Waals surface area contributed by atoms with Crippen molar-refractivity contribution in [1.29, 1.82) is 0 Å². The molecule has 2 rings (SSSR count). The molecular formula is C10H14N2O2. The smallest absolute Gasteiger partial charge is 0.232 e. The van der Waals surface area contributed by atoms with Crippen LogP contribution in [0.25, 0.3) is 0 Å². The lowest BCUT2D eigenvalue weighted by Crippen LogP contribution is -2.12. The first-order chi connectivity index (χ1) is 6.88. The molecule has 0 atom stereocenters. The van der Waals surface area contributed by atoms with Crippen LogP contribution < -0.4 is 4.74 Å². The SMILES string of the molecule is OCc1cncc(OC2CCCC2)n1. The van der Waals surface area contributed by atoms with Crippen LogP contribution in [0.4, 0.5) is 0 Å². The molecule has 0 amide bonds. The molecule has 4 nitrogen and oxygen atoms in total. The molecule has 1 heterocycles. The highest BCUT2D eigenvalue weighted by Gasteiger charge is 2.17. The lowest BCUT2D eigenvalue weighted by molar-refractivity contribution is 0.197. The fourth-order valence-corrected chi connectivity index (χ4v) is 1.70. The molecule has 14 heavy (non-hydrogen) atoms. The molecule has 0 unspecified atom stereocenters. The van der Waals surface area contributed by atoms with Crippen LogP contribution >= 0.6 is 0 Å². The molecule has 4 heteroatoms. The fraction of sp³-hybridized carbons (Fsp3) is 0.600. The van der Waals surface area contributed by atoms with E-state index in [0.717, 1.165) is 12.8 Å². The van der Waals surface area contributed by atoms with Gasteiger partial charge in [-0.3, -0.25) is 4.98 Å². The van der Waals surface area contributed by atoms with Crippen molar-refractivity contribution < 1.29 is 9.84 Å². The number of aliphatic hydroxyl groups excluding tert-OH is 1. The van der Waals surface area contributed by atoms with Crippen LogP contribution in [0.15, 0.2) is 12.4 Å². The summed E-state index contributed by atoms with van der Waals surface area (Å²) in [6.45, 7) is -0.0884. The summed E-state index contributed by atoms with van der Waals surface area (Å²) in [6.07, 6.45) is 8.10. The molecule has 1 N–H and O–H groups in total. The molecule has 0 bridgehead atoms. The second-order valence-corrected chi connectivity index (χ2v) is 3.53. The number of hydrogen-bond acceptors (Lipinski definition) is 4. The molecule has 76 valence electrons. The summed E-state index contributed by atoms with van der Waals surface area (Å²) < 4.78 is 5.63. The predicted octanol–water partition coefficient (Wildman–Crippen LogP) is 1.29. The van der Waals surface area contributed by atoms with Crippen LogP contribution in [0, 0.1) is 0 Å². The van der Waals surface area contributed by atoms with Crippen molar-refractivity contribution in [2.75, 3.05) is 0 Å². The van der Waals surface area contributed by atoms with E-state index in [1.807, 2.05) is 0 Å². The van der Waals surface area contributed by atoms with E-state index in [-0.39, 0.29) is 6.61 Å². The zero-order chi connectivity index (χ0) is 9.80. The van der Waals surface area contributed by atoms with Crippen molar-refractivity contribution in [2.45, 2.75) is 38.4 Å². The second-order valence-electron chi connectivity index (χ2n) is 3.53. The Morgan fingerprint density at radius 2 is 2.14 bits per heavy atom. The summed E-state index contributed by atoms with van der Waals surface area (Å²) in [5.74, 6) is 0.531. The average Bonchev–Trinajstić information content (AvgIpc) is 2.71. The molecule has 1 saturated carbocycles. The van der Waals surface area contributed by atoms with Gasteiger partial charge in [-0.1, -0.05) is 0 Å². The summed E-state index contributed by atoms with van der Waals surface area (Å²) >= 11 is 0. The zero-order valence-corrected chi connectivity index (χ0v) is 8.02. The zero-order valence-electron chi connectivity index (χ0n) is 8.02. The highest BCUT2D eigenvalue weighted by Crippen LogP contribution is 2.22. The summed E-state index contributed by atoms with van der Waals surface area (Å²) in [7, 11) is 0. The van der Waals surface area contributed by atoms with E-state index in [0.29, 0.717) is 17.7 Å². The van der Waals surface area contributed by atoms with Crippen LogP contribution in [0.3, 0.4) is 0 Å². The Morgan fingerprint density at radius 3 is 2.86 bits per heavy atom. The minimum absolute atomic E-state index is 0.0884. The van der Waals surface area contributed by atoms with Gasteiger partial charge in [0.15, 0.2) is 0 Å². The fourth-order valence-electron chi connectivity index (χ4n) is 1.70. The van der Waals surface area contributed by atoms with Crippen molar-refractivity contribution in [1.82, 2.24) is 9.97 Å². The van der Waals surface area contributed by atoms with E-state index >= 15 is 0 Å². The number of ether oxygens (including phenoxy) is 1. The Balaban J connectivity index is 2.00. The van der Waals surface area contributed by atoms with E-state index in [2.05, 4.69) is 9.97 Å². The van der Waals surface area contributed by atoms with Crippen LogP contribution in [-0.4, -0.2) is 21.2 Å². The monoisotopic (exact) mass is 194 g/mol. The van der Waals surface area contributed by atoms with Gasteiger partial charge >= 0.3 is 0 Å². The van der Waals surface area contributed by atoms with Crippen LogP contribution in [0.2, 0.25) is 0 Å². The molecule has 0 aromatic carbocycles. The van der Waals surface area contributed by atoms with Gasteiger partial charge in [-0.2, -0.15) is 0 Å². The maximum atomic E-state index is 8.86.